The SMILES string of the molecule is CO[Si](C)(CCCO)OC.Nc1ccccc1. The van der Waals surface area contributed by atoms with Crippen molar-refractivity contribution in [2.24, 2.45) is 0 Å². The van der Waals surface area contributed by atoms with Gasteiger partial charge in [-0.15, -0.1) is 0 Å². The molecule has 0 spiro atoms. The Kier molecular flexibility index (Phi) is 8.70. The quantitative estimate of drug-likeness (QED) is 0.625. The van der Waals surface area contributed by atoms with E-state index in [2.05, 4.69) is 0 Å². The molecule has 3 N–H and O–H groups in total. The summed E-state index contributed by atoms with van der Waals surface area (Å²) in [5.74, 6) is 0. The first kappa shape index (κ1) is 16.1. The standard InChI is InChI=1S/C6H7N.C6H16O3Si/c7-6-4-2-1-3-5-6;1-8-10(3,9-2)6-4-5-7/h1-5H,7H2;7H,4-6H2,1-3H3. The van der Waals surface area contributed by atoms with Crippen molar-refractivity contribution in [3.05, 3.63) is 30.3 Å². The van der Waals surface area contributed by atoms with Gasteiger partial charge in [0.2, 0.25) is 0 Å². The average molecular weight is 257 g/mol. The van der Waals surface area contributed by atoms with Crippen LogP contribution >= 0.6 is 0 Å². The van der Waals surface area contributed by atoms with Crippen LogP contribution < -0.4 is 5.73 Å². The fourth-order valence-electron chi connectivity index (χ4n) is 1.14. The summed E-state index contributed by atoms with van der Waals surface area (Å²) in [6.07, 6.45) is 0.768. The minimum absolute atomic E-state index is 0.218. The highest BCUT2D eigenvalue weighted by Crippen LogP contribution is 2.12. The average Bonchev–Trinajstić information content (AvgIpc) is 2.38. The number of rotatable bonds is 5. The second kappa shape index (κ2) is 9.18. The fraction of sp³-hybridized carbons (Fsp3) is 0.500. The monoisotopic (exact) mass is 257 g/mol. The molecule has 1 rings (SSSR count). The van der Waals surface area contributed by atoms with E-state index in [0.29, 0.717) is 0 Å². The predicted molar refractivity (Wildman–Crippen MR) is 73.0 cm³/mol. The van der Waals surface area contributed by atoms with Gasteiger partial charge in [0.25, 0.3) is 0 Å². The second-order valence-corrected chi connectivity index (χ2v) is 7.36. The molecule has 1 aromatic carbocycles. The van der Waals surface area contributed by atoms with Gasteiger partial charge in [-0.2, -0.15) is 0 Å². The third-order valence-corrected chi connectivity index (χ3v) is 5.44. The highest BCUT2D eigenvalue weighted by atomic mass is 28.4. The van der Waals surface area contributed by atoms with Crippen LogP contribution in [0, 0.1) is 0 Å². The predicted octanol–water partition coefficient (Wildman–Crippen LogP) is 2.00. The lowest BCUT2D eigenvalue weighted by Crippen LogP contribution is -2.35. The van der Waals surface area contributed by atoms with E-state index in [9.17, 15) is 0 Å². The van der Waals surface area contributed by atoms with Crippen LogP contribution in [0.1, 0.15) is 6.42 Å². The van der Waals surface area contributed by atoms with Gasteiger partial charge in [0.05, 0.1) is 0 Å². The zero-order chi connectivity index (χ0) is 13.1. The summed E-state index contributed by atoms with van der Waals surface area (Å²) in [5, 5.41) is 8.53. The van der Waals surface area contributed by atoms with Crippen molar-refractivity contribution in [3.8, 4) is 0 Å². The minimum Gasteiger partial charge on any atom is -0.399 e. The first-order valence-corrected chi connectivity index (χ1v) is 8.12. The summed E-state index contributed by atoms with van der Waals surface area (Å²) in [7, 11) is 1.44. The molecule has 0 bridgehead atoms. The molecule has 0 aliphatic carbocycles. The van der Waals surface area contributed by atoms with Gasteiger partial charge in [-0.1, -0.05) is 18.2 Å². The van der Waals surface area contributed by atoms with E-state index in [4.69, 9.17) is 19.7 Å². The van der Waals surface area contributed by atoms with E-state index in [1.165, 1.54) is 0 Å². The lowest BCUT2D eigenvalue weighted by molar-refractivity contribution is 0.238. The Morgan fingerprint density at radius 1 is 1.18 bits per heavy atom. The molecule has 0 radical (unpaired) electrons. The maximum absolute atomic E-state index is 8.53. The third kappa shape index (κ3) is 7.92. The molecule has 17 heavy (non-hydrogen) atoms. The van der Waals surface area contributed by atoms with Crippen LogP contribution in [-0.2, 0) is 8.85 Å². The Morgan fingerprint density at radius 2 is 1.71 bits per heavy atom. The number of para-hydroxylation sites is 1. The molecular weight excluding hydrogens is 234 g/mol. The molecule has 0 unspecified atom stereocenters. The van der Waals surface area contributed by atoms with Gasteiger partial charge in [0.1, 0.15) is 0 Å². The van der Waals surface area contributed by atoms with Gasteiger partial charge >= 0.3 is 8.56 Å². The summed E-state index contributed by atoms with van der Waals surface area (Å²) in [5.41, 5.74) is 6.18. The zero-order valence-electron chi connectivity index (χ0n) is 10.8. The van der Waals surface area contributed by atoms with Crippen molar-refractivity contribution in [2.75, 3.05) is 26.6 Å². The second-order valence-electron chi connectivity index (χ2n) is 3.78. The fourth-order valence-corrected chi connectivity index (χ4v) is 2.52. The Hall–Kier alpha value is -0.883. The Balaban J connectivity index is 0.000000318. The van der Waals surface area contributed by atoms with Crippen LogP contribution in [0.5, 0.6) is 0 Å². The largest absolute Gasteiger partial charge is 0.399 e. The Morgan fingerprint density at radius 3 is 2.00 bits per heavy atom. The van der Waals surface area contributed by atoms with Crippen LogP contribution in [-0.4, -0.2) is 34.5 Å². The van der Waals surface area contributed by atoms with E-state index < -0.39 is 8.56 Å². The van der Waals surface area contributed by atoms with Gasteiger partial charge in [-0.3, -0.25) is 0 Å². The maximum Gasteiger partial charge on any atom is 0.334 e. The van der Waals surface area contributed by atoms with Gasteiger partial charge in [-0.25, -0.2) is 0 Å². The Labute approximate surface area is 105 Å². The highest BCUT2D eigenvalue weighted by molar-refractivity contribution is 6.65. The van der Waals surface area contributed by atoms with Crippen molar-refractivity contribution < 1.29 is 14.0 Å². The van der Waals surface area contributed by atoms with Crippen LogP contribution in [0.25, 0.3) is 0 Å². The first-order chi connectivity index (χ1) is 8.08. The molecule has 98 valence electrons. The van der Waals surface area contributed by atoms with E-state index in [-0.39, 0.29) is 6.61 Å². The van der Waals surface area contributed by atoms with Gasteiger partial charge in [0.15, 0.2) is 0 Å². The maximum atomic E-state index is 8.53. The number of aliphatic hydroxyl groups is 1. The number of anilines is 1. The van der Waals surface area contributed by atoms with Crippen LogP contribution in [0.4, 0.5) is 5.69 Å². The minimum atomic E-state index is -1.88. The lowest BCUT2D eigenvalue weighted by Gasteiger charge is -2.21. The molecule has 0 saturated carbocycles. The molecule has 4 nitrogen and oxygen atoms in total. The smallest absolute Gasteiger partial charge is 0.334 e. The number of aliphatic hydroxyl groups excluding tert-OH is 1. The normalized spacial score (nSPS) is 10.6. The third-order valence-electron chi connectivity index (χ3n) is 2.45. The molecule has 0 saturated heterocycles. The highest BCUT2D eigenvalue weighted by Gasteiger charge is 2.27. The topological polar surface area (TPSA) is 64.7 Å². The number of nitrogens with two attached hydrogens (primary N) is 1. The molecule has 5 heteroatoms. The summed E-state index contributed by atoms with van der Waals surface area (Å²) >= 11 is 0. The van der Waals surface area contributed by atoms with Crippen LogP contribution in [0.2, 0.25) is 12.6 Å². The summed E-state index contributed by atoms with van der Waals surface area (Å²) < 4.78 is 10.4. The molecule has 0 atom stereocenters. The van der Waals surface area contributed by atoms with Gasteiger partial charge < -0.3 is 19.7 Å². The number of nitrogen functional groups attached to an aromatic ring is 1. The number of hydrogen-bond acceptors (Lipinski definition) is 4. The van der Waals surface area contributed by atoms with Gasteiger partial charge in [0, 0.05) is 26.5 Å². The summed E-state index contributed by atoms with van der Waals surface area (Å²) in [6.45, 7) is 2.21. The van der Waals surface area contributed by atoms with Crippen molar-refractivity contribution >= 4 is 14.2 Å². The number of hydrogen-bond donors (Lipinski definition) is 2. The van der Waals surface area contributed by atoms with Gasteiger partial charge in [-0.05, 0) is 31.1 Å². The zero-order valence-corrected chi connectivity index (χ0v) is 11.8. The van der Waals surface area contributed by atoms with E-state index in [1.54, 1.807) is 14.2 Å². The van der Waals surface area contributed by atoms with Crippen molar-refractivity contribution in [2.45, 2.75) is 19.0 Å². The van der Waals surface area contributed by atoms with Crippen molar-refractivity contribution in [3.63, 3.8) is 0 Å². The van der Waals surface area contributed by atoms with Crippen LogP contribution in [0.3, 0.4) is 0 Å². The molecule has 1 aromatic rings. The van der Waals surface area contributed by atoms with Crippen molar-refractivity contribution in [1.82, 2.24) is 0 Å². The molecule has 0 aromatic heterocycles. The molecular formula is C12H23NO3Si. The molecule has 0 fully saturated rings. The Bertz CT molecular complexity index is 278. The molecule has 0 amide bonds. The molecule has 0 heterocycles. The van der Waals surface area contributed by atoms with E-state index >= 15 is 0 Å². The van der Waals surface area contributed by atoms with Crippen LogP contribution in [0.15, 0.2) is 30.3 Å². The molecule has 0 aliphatic heterocycles. The first-order valence-electron chi connectivity index (χ1n) is 5.59. The van der Waals surface area contributed by atoms with E-state index in [1.807, 2.05) is 36.9 Å². The molecule has 0 aliphatic rings. The summed E-state index contributed by atoms with van der Waals surface area (Å²) in [4.78, 5) is 0. The number of benzene rings is 1. The van der Waals surface area contributed by atoms with E-state index in [0.717, 1.165) is 18.2 Å². The van der Waals surface area contributed by atoms with Crippen molar-refractivity contribution in [1.29, 1.82) is 0 Å². The lowest BCUT2D eigenvalue weighted by atomic mass is 10.3. The summed E-state index contributed by atoms with van der Waals surface area (Å²) in [6, 6.07) is 10.3.